The molecule has 8 heteroatoms. The first-order chi connectivity index (χ1) is 8.12. The van der Waals surface area contributed by atoms with Gasteiger partial charge >= 0.3 is 0 Å². The third-order valence-corrected chi connectivity index (χ3v) is 3.61. The molecule has 1 amide bonds. The zero-order valence-electron chi connectivity index (χ0n) is 9.70. The highest BCUT2D eigenvalue weighted by Gasteiger charge is 2.17. The van der Waals surface area contributed by atoms with Gasteiger partial charge in [-0.3, -0.25) is 4.79 Å². The second-order valence-corrected chi connectivity index (χ2v) is 6.33. The number of carbonyl (C=O) groups is 1. The molecule has 0 aliphatic carbocycles. The number of anilines is 1. The first kappa shape index (κ1) is 15.2. The standard InChI is InChI=1S/C10H12Cl2N2O3S/c1-5(2)10(15)14-9-7(11)3-6(4-8(9)12)18(13,16)17/h3-5H,1-2H3,(H,14,15)(H2,13,16,17). The fourth-order valence-electron chi connectivity index (χ4n) is 1.10. The van der Waals surface area contributed by atoms with Crippen molar-refractivity contribution in [2.75, 3.05) is 5.32 Å². The summed E-state index contributed by atoms with van der Waals surface area (Å²) >= 11 is 11.7. The third-order valence-electron chi connectivity index (χ3n) is 2.12. The van der Waals surface area contributed by atoms with Gasteiger partial charge in [-0.25, -0.2) is 13.6 Å². The number of benzene rings is 1. The van der Waals surface area contributed by atoms with Crippen LogP contribution in [-0.2, 0) is 14.8 Å². The smallest absolute Gasteiger partial charge is 0.238 e. The van der Waals surface area contributed by atoms with Crippen LogP contribution in [0.2, 0.25) is 10.0 Å². The number of amides is 1. The molecule has 0 radical (unpaired) electrons. The van der Waals surface area contributed by atoms with Gasteiger partial charge in [-0.2, -0.15) is 0 Å². The van der Waals surface area contributed by atoms with E-state index in [2.05, 4.69) is 5.32 Å². The zero-order chi connectivity index (χ0) is 14.1. The normalized spacial score (nSPS) is 11.7. The van der Waals surface area contributed by atoms with Crippen LogP contribution in [0.5, 0.6) is 0 Å². The largest absolute Gasteiger partial charge is 0.323 e. The van der Waals surface area contributed by atoms with Crippen molar-refractivity contribution in [3.8, 4) is 0 Å². The molecule has 0 aliphatic heterocycles. The number of hydrogen-bond donors (Lipinski definition) is 2. The van der Waals surface area contributed by atoms with Crippen molar-refractivity contribution in [1.82, 2.24) is 0 Å². The van der Waals surface area contributed by atoms with Gasteiger partial charge in [-0.15, -0.1) is 0 Å². The quantitative estimate of drug-likeness (QED) is 0.897. The van der Waals surface area contributed by atoms with E-state index in [1.54, 1.807) is 13.8 Å². The molecule has 0 heterocycles. The van der Waals surface area contributed by atoms with Gasteiger partial charge in [0.1, 0.15) is 0 Å². The molecule has 18 heavy (non-hydrogen) atoms. The molecule has 5 nitrogen and oxygen atoms in total. The topological polar surface area (TPSA) is 89.3 Å². The maximum Gasteiger partial charge on any atom is 0.238 e. The third kappa shape index (κ3) is 3.58. The van der Waals surface area contributed by atoms with Gasteiger partial charge in [0, 0.05) is 5.92 Å². The highest BCUT2D eigenvalue weighted by atomic mass is 35.5. The molecule has 0 aliphatic rings. The maximum absolute atomic E-state index is 11.5. The highest BCUT2D eigenvalue weighted by molar-refractivity contribution is 7.89. The van der Waals surface area contributed by atoms with Crippen LogP contribution in [0.3, 0.4) is 0 Å². The fourth-order valence-corrected chi connectivity index (χ4v) is 2.38. The predicted octanol–water partition coefficient (Wildman–Crippen LogP) is 2.24. The Morgan fingerprint density at radius 2 is 1.72 bits per heavy atom. The van der Waals surface area contributed by atoms with Gasteiger partial charge < -0.3 is 5.32 Å². The molecule has 0 unspecified atom stereocenters. The van der Waals surface area contributed by atoms with Crippen molar-refractivity contribution in [3.05, 3.63) is 22.2 Å². The first-order valence-corrected chi connectivity index (χ1v) is 7.26. The van der Waals surface area contributed by atoms with Crippen LogP contribution in [0.1, 0.15) is 13.8 Å². The molecule has 1 aromatic rings. The summed E-state index contributed by atoms with van der Waals surface area (Å²) in [4.78, 5) is 11.3. The molecule has 0 bridgehead atoms. The van der Waals surface area contributed by atoms with Crippen LogP contribution in [0.15, 0.2) is 17.0 Å². The molecule has 0 fully saturated rings. The molecule has 0 saturated carbocycles. The van der Waals surface area contributed by atoms with Crippen molar-refractivity contribution < 1.29 is 13.2 Å². The first-order valence-electron chi connectivity index (χ1n) is 4.95. The van der Waals surface area contributed by atoms with Gasteiger partial charge in [0.2, 0.25) is 15.9 Å². The summed E-state index contributed by atoms with van der Waals surface area (Å²) in [6, 6.07) is 2.28. The minimum absolute atomic E-state index is 0.0144. The van der Waals surface area contributed by atoms with Crippen LogP contribution in [-0.4, -0.2) is 14.3 Å². The van der Waals surface area contributed by atoms with Gasteiger partial charge in [0.25, 0.3) is 0 Å². The van der Waals surface area contributed by atoms with Crippen LogP contribution in [0.25, 0.3) is 0 Å². The Bertz CT molecular complexity index is 562. The summed E-state index contributed by atoms with van der Waals surface area (Å²) in [5.74, 6) is -0.530. The van der Waals surface area contributed by atoms with Gasteiger partial charge in [0.05, 0.1) is 20.6 Å². The average Bonchev–Trinajstić information content (AvgIpc) is 2.21. The number of nitrogens with one attached hydrogen (secondary N) is 1. The number of nitrogens with two attached hydrogens (primary N) is 1. The van der Waals surface area contributed by atoms with E-state index < -0.39 is 10.0 Å². The van der Waals surface area contributed by atoms with Crippen molar-refractivity contribution in [2.45, 2.75) is 18.7 Å². The summed E-state index contributed by atoms with van der Waals surface area (Å²) in [7, 11) is -3.89. The van der Waals surface area contributed by atoms with Crippen LogP contribution in [0, 0.1) is 5.92 Å². The van der Waals surface area contributed by atoms with Crippen LogP contribution >= 0.6 is 23.2 Å². The number of hydrogen-bond acceptors (Lipinski definition) is 3. The second kappa shape index (κ2) is 5.44. The number of sulfonamides is 1. The van der Waals surface area contributed by atoms with Crippen molar-refractivity contribution in [2.24, 2.45) is 11.1 Å². The Kier molecular flexibility index (Phi) is 4.61. The molecule has 1 rings (SSSR count). The summed E-state index contributed by atoms with van der Waals surface area (Å²) < 4.78 is 22.3. The number of carbonyl (C=O) groups excluding carboxylic acids is 1. The Balaban J connectivity index is 3.22. The van der Waals surface area contributed by atoms with Gasteiger partial charge in [-0.1, -0.05) is 37.0 Å². The van der Waals surface area contributed by atoms with Crippen LogP contribution in [0.4, 0.5) is 5.69 Å². The number of primary sulfonamides is 1. The van der Waals surface area contributed by atoms with E-state index in [-0.39, 0.29) is 32.5 Å². The molecule has 100 valence electrons. The van der Waals surface area contributed by atoms with E-state index in [9.17, 15) is 13.2 Å². The summed E-state index contributed by atoms with van der Waals surface area (Å²) in [5.41, 5.74) is 0.171. The summed E-state index contributed by atoms with van der Waals surface area (Å²) in [6.07, 6.45) is 0. The Hall–Kier alpha value is -0.820. The lowest BCUT2D eigenvalue weighted by molar-refractivity contribution is -0.118. The lowest BCUT2D eigenvalue weighted by Crippen LogP contribution is -2.19. The van der Waals surface area contributed by atoms with E-state index in [1.807, 2.05) is 0 Å². The SMILES string of the molecule is CC(C)C(=O)Nc1c(Cl)cc(S(N)(=O)=O)cc1Cl. The van der Waals surface area contributed by atoms with E-state index in [4.69, 9.17) is 28.3 Å². The van der Waals surface area contributed by atoms with E-state index in [1.165, 1.54) is 0 Å². The minimum atomic E-state index is -3.89. The molecule has 0 aromatic heterocycles. The summed E-state index contributed by atoms with van der Waals surface area (Å²) in [5, 5.41) is 7.51. The van der Waals surface area contributed by atoms with E-state index in [0.717, 1.165) is 12.1 Å². The predicted molar refractivity (Wildman–Crippen MR) is 71.3 cm³/mol. The monoisotopic (exact) mass is 310 g/mol. The Labute approximate surface area is 115 Å². The van der Waals surface area contributed by atoms with E-state index >= 15 is 0 Å². The van der Waals surface area contributed by atoms with E-state index in [0.29, 0.717) is 0 Å². The molecular weight excluding hydrogens is 299 g/mol. The van der Waals surface area contributed by atoms with Crippen molar-refractivity contribution >= 4 is 44.8 Å². The fraction of sp³-hybridized carbons (Fsp3) is 0.300. The van der Waals surface area contributed by atoms with Gasteiger partial charge in [0.15, 0.2) is 0 Å². The zero-order valence-corrected chi connectivity index (χ0v) is 12.0. The molecule has 3 N–H and O–H groups in total. The molecule has 0 saturated heterocycles. The molecular formula is C10H12Cl2N2O3S. The second-order valence-electron chi connectivity index (χ2n) is 3.95. The van der Waals surface area contributed by atoms with Crippen molar-refractivity contribution in [3.63, 3.8) is 0 Å². The highest BCUT2D eigenvalue weighted by Crippen LogP contribution is 2.33. The minimum Gasteiger partial charge on any atom is -0.323 e. The molecule has 1 aromatic carbocycles. The number of rotatable bonds is 3. The lowest BCUT2D eigenvalue weighted by atomic mass is 10.2. The average molecular weight is 311 g/mol. The summed E-state index contributed by atoms with van der Waals surface area (Å²) in [6.45, 7) is 3.41. The van der Waals surface area contributed by atoms with Gasteiger partial charge in [-0.05, 0) is 12.1 Å². The molecule has 0 atom stereocenters. The molecule has 0 spiro atoms. The Morgan fingerprint density at radius 1 is 1.28 bits per heavy atom. The number of halogens is 2. The maximum atomic E-state index is 11.5. The lowest BCUT2D eigenvalue weighted by Gasteiger charge is -2.12. The van der Waals surface area contributed by atoms with Crippen molar-refractivity contribution in [1.29, 1.82) is 0 Å². The van der Waals surface area contributed by atoms with Crippen LogP contribution < -0.4 is 10.5 Å². The Morgan fingerprint density at radius 3 is 2.06 bits per heavy atom.